The highest BCUT2D eigenvalue weighted by Crippen LogP contribution is 2.21. The molecule has 0 radical (unpaired) electrons. The molecule has 104 valence electrons. The molecule has 2 aromatic carbocycles. The molecular formula is C15H13F2NOS. The average molecular weight is 293 g/mol. The summed E-state index contributed by atoms with van der Waals surface area (Å²) in [5, 5.41) is 2.76. The van der Waals surface area contributed by atoms with Gasteiger partial charge in [0.2, 0.25) is 5.91 Å². The fourth-order valence-electron chi connectivity index (χ4n) is 1.57. The van der Waals surface area contributed by atoms with E-state index in [1.165, 1.54) is 17.8 Å². The average Bonchev–Trinajstić information content (AvgIpc) is 2.44. The second-order valence-electron chi connectivity index (χ2n) is 4.09. The molecule has 2 rings (SSSR count). The zero-order valence-electron chi connectivity index (χ0n) is 10.6. The van der Waals surface area contributed by atoms with Crippen LogP contribution in [0.5, 0.6) is 0 Å². The molecule has 1 N–H and O–H groups in total. The number of carbonyl (C=O) groups excluding carboxylic acids is 1. The zero-order chi connectivity index (χ0) is 14.4. The highest BCUT2D eigenvalue weighted by atomic mass is 32.2. The predicted molar refractivity (Wildman–Crippen MR) is 76.8 cm³/mol. The van der Waals surface area contributed by atoms with E-state index in [9.17, 15) is 13.6 Å². The summed E-state index contributed by atoms with van der Waals surface area (Å²) in [6.45, 7) is 0. The minimum Gasteiger partial charge on any atom is -0.326 e. The van der Waals surface area contributed by atoms with Gasteiger partial charge in [-0.25, -0.2) is 8.78 Å². The number of para-hydroxylation sites is 1. The Labute approximate surface area is 120 Å². The van der Waals surface area contributed by atoms with Crippen LogP contribution in [0.4, 0.5) is 14.5 Å². The van der Waals surface area contributed by atoms with Crippen LogP contribution in [0.1, 0.15) is 6.42 Å². The lowest BCUT2D eigenvalue weighted by atomic mass is 10.3. The van der Waals surface area contributed by atoms with E-state index < -0.39 is 11.6 Å². The number of hydrogen-bond donors (Lipinski definition) is 1. The van der Waals surface area contributed by atoms with Gasteiger partial charge >= 0.3 is 0 Å². The van der Waals surface area contributed by atoms with Gasteiger partial charge in [0.25, 0.3) is 0 Å². The number of thioether (sulfide) groups is 1. The number of nitrogens with one attached hydrogen (secondary N) is 1. The van der Waals surface area contributed by atoms with Crippen molar-refractivity contribution in [3.63, 3.8) is 0 Å². The van der Waals surface area contributed by atoms with Crippen molar-refractivity contribution in [2.75, 3.05) is 11.1 Å². The van der Waals surface area contributed by atoms with Crippen molar-refractivity contribution < 1.29 is 13.6 Å². The lowest BCUT2D eigenvalue weighted by Gasteiger charge is -2.05. The molecule has 0 fully saturated rings. The molecule has 0 heterocycles. The van der Waals surface area contributed by atoms with Crippen molar-refractivity contribution >= 4 is 23.4 Å². The van der Waals surface area contributed by atoms with Crippen LogP contribution in [-0.4, -0.2) is 11.7 Å². The molecular weight excluding hydrogens is 280 g/mol. The Hall–Kier alpha value is -1.88. The molecule has 5 heteroatoms. The first kappa shape index (κ1) is 14.5. The summed E-state index contributed by atoms with van der Waals surface area (Å²) in [4.78, 5) is 12.3. The molecule has 1 amide bonds. The first-order chi connectivity index (χ1) is 9.65. The monoisotopic (exact) mass is 293 g/mol. The van der Waals surface area contributed by atoms with E-state index in [0.717, 1.165) is 17.8 Å². The summed E-state index contributed by atoms with van der Waals surface area (Å²) in [7, 11) is 0. The Morgan fingerprint density at radius 3 is 2.50 bits per heavy atom. The number of carbonyl (C=O) groups is 1. The molecule has 0 saturated carbocycles. The lowest BCUT2D eigenvalue weighted by Crippen LogP contribution is -2.11. The molecule has 0 aliphatic rings. The summed E-state index contributed by atoms with van der Waals surface area (Å²) in [6.07, 6.45) is 0.304. The Morgan fingerprint density at radius 1 is 1.05 bits per heavy atom. The van der Waals surface area contributed by atoms with Gasteiger partial charge in [-0.3, -0.25) is 4.79 Å². The molecule has 0 spiro atoms. The summed E-state index contributed by atoms with van der Waals surface area (Å²) >= 11 is 1.31. The van der Waals surface area contributed by atoms with Crippen molar-refractivity contribution in [2.45, 2.75) is 11.3 Å². The van der Waals surface area contributed by atoms with E-state index in [0.29, 0.717) is 17.1 Å². The predicted octanol–water partition coefficient (Wildman–Crippen LogP) is 4.09. The fourth-order valence-corrected chi connectivity index (χ4v) is 2.45. The van der Waals surface area contributed by atoms with Gasteiger partial charge in [0.1, 0.15) is 0 Å². The molecule has 0 atom stereocenters. The molecule has 0 aliphatic carbocycles. The third-order valence-electron chi connectivity index (χ3n) is 2.55. The maximum atomic E-state index is 13.0. The van der Waals surface area contributed by atoms with Gasteiger partial charge in [-0.1, -0.05) is 18.2 Å². The Morgan fingerprint density at radius 2 is 1.80 bits per heavy atom. The first-order valence-electron chi connectivity index (χ1n) is 6.08. The molecule has 0 aliphatic heterocycles. The van der Waals surface area contributed by atoms with Gasteiger partial charge in [-0.15, -0.1) is 11.8 Å². The SMILES string of the molecule is O=C(CCSc1ccc(F)c(F)c1)Nc1ccccc1. The number of rotatable bonds is 5. The van der Waals surface area contributed by atoms with Crippen LogP contribution >= 0.6 is 11.8 Å². The number of halogens is 2. The van der Waals surface area contributed by atoms with Crippen LogP contribution in [0.25, 0.3) is 0 Å². The van der Waals surface area contributed by atoms with E-state index in [-0.39, 0.29) is 5.91 Å². The molecule has 0 unspecified atom stereocenters. The van der Waals surface area contributed by atoms with Gasteiger partial charge < -0.3 is 5.32 Å². The number of benzene rings is 2. The maximum absolute atomic E-state index is 13.0. The Kier molecular flexibility index (Phi) is 5.12. The summed E-state index contributed by atoms with van der Waals surface area (Å²) in [5.74, 6) is -1.34. The van der Waals surface area contributed by atoms with Crippen LogP contribution in [0.15, 0.2) is 53.4 Å². The third kappa shape index (κ3) is 4.35. The quantitative estimate of drug-likeness (QED) is 0.841. The van der Waals surface area contributed by atoms with Crippen LogP contribution in [0.3, 0.4) is 0 Å². The summed E-state index contributed by atoms with van der Waals surface area (Å²) in [6, 6.07) is 12.9. The van der Waals surface area contributed by atoms with E-state index in [1.54, 1.807) is 12.1 Å². The topological polar surface area (TPSA) is 29.1 Å². The molecule has 0 saturated heterocycles. The summed E-state index contributed by atoms with van der Waals surface area (Å²) < 4.78 is 25.7. The van der Waals surface area contributed by atoms with Gasteiger partial charge in [0.05, 0.1) is 0 Å². The zero-order valence-corrected chi connectivity index (χ0v) is 11.4. The van der Waals surface area contributed by atoms with Crippen LogP contribution in [0.2, 0.25) is 0 Å². The van der Waals surface area contributed by atoms with Gasteiger partial charge in [0.15, 0.2) is 11.6 Å². The molecule has 2 nitrogen and oxygen atoms in total. The fraction of sp³-hybridized carbons (Fsp3) is 0.133. The number of hydrogen-bond acceptors (Lipinski definition) is 2. The van der Waals surface area contributed by atoms with Gasteiger partial charge in [-0.05, 0) is 30.3 Å². The third-order valence-corrected chi connectivity index (χ3v) is 3.54. The highest BCUT2D eigenvalue weighted by Gasteiger charge is 2.05. The normalized spacial score (nSPS) is 10.3. The molecule has 0 bridgehead atoms. The van der Waals surface area contributed by atoms with Crippen molar-refractivity contribution in [1.29, 1.82) is 0 Å². The van der Waals surface area contributed by atoms with E-state index in [2.05, 4.69) is 5.32 Å². The second-order valence-corrected chi connectivity index (χ2v) is 5.26. The Balaban J connectivity index is 1.78. The molecule has 0 aromatic heterocycles. The maximum Gasteiger partial charge on any atom is 0.225 e. The first-order valence-corrected chi connectivity index (χ1v) is 7.06. The summed E-state index contributed by atoms with van der Waals surface area (Å²) in [5.41, 5.74) is 0.746. The van der Waals surface area contributed by atoms with Crippen molar-refractivity contribution in [2.24, 2.45) is 0 Å². The van der Waals surface area contributed by atoms with E-state index in [1.807, 2.05) is 18.2 Å². The standard InChI is InChI=1S/C15H13F2NOS/c16-13-7-6-12(10-14(13)17)20-9-8-15(19)18-11-4-2-1-3-5-11/h1-7,10H,8-9H2,(H,18,19). The smallest absolute Gasteiger partial charge is 0.225 e. The molecule has 20 heavy (non-hydrogen) atoms. The van der Waals surface area contributed by atoms with Crippen molar-refractivity contribution in [1.82, 2.24) is 0 Å². The van der Waals surface area contributed by atoms with Crippen LogP contribution in [0, 0.1) is 11.6 Å². The number of amides is 1. The Bertz CT molecular complexity index is 590. The van der Waals surface area contributed by atoms with Crippen LogP contribution < -0.4 is 5.32 Å². The van der Waals surface area contributed by atoms with Crippen molar-refractivity contribution in [3.05, 3.63) is 60.2 Å². The lowest BCUT2D eigenvalue weighted by molar-refractivity contribution is -0.115. The van der Waals surface area contributed by atoms with E-state index in [4.69, 9.17) is 0 Å². The minimum atomic E-state index is -0.872. The van der Waals surface area contributed by atoms with Crippen molar-refractivity contribution in [3.8, 4) is 0 Å². The largest absolute Gasteiger partial charge is 0.326 e. The minimum absolute atomic E-state index is 0.105. The second kappa shape index (κ2) is 7.05. The van der Waals surface area contributed by atoms with Gasteiger partial charge in [-0.2, -0.15) is 0 Å². The van der Waals surface area contributed by atoms with Crippen LogP contribution in [-0.2, 0) is 4.79 Å². The van der Waals surface area contributed by atoms with Gasteiger partial charge in [0, 0.05) is 22.8 Å². The van der Waals surface area contributed by atoms with E-state index >= 15 is 0 Å². The molecule has 2 aromatic rings. The number of anilines is 1. The highest BCUT2D eigenvalue weighted by molar-refractivity contribution is 7.99.